The molecule has 0 saturated carbocycles. The van der Waals surface area contributed by atoms with Gasteiger partial charge in [0, 0.05) is 6.07 Å². The first kappa shape index (κ1) is 18.9. The smallest absolute Gasteiger partial charge is 0.272 e. The van der Waals surface area contributed by atoms with Crippen LogP contribution in [0.4, 0.5) is 4.39 Å². The number of hydrazine groups is 1. The molecular weight excluding hydrogens is 347 g/mol. The van der Waals surface area contributed by atoms with Gasteiger partial charge in [-0.3, -0.25) is 10.2 Å². The summed E-state index contributed by atoms with van der Waals surface area (Å²) in [7, 11) is -3.88. The Morgan fingerprint density at radius 2 is 1.84 bits per heavy atom. The van der Waals surface area contributed by atoms with E-state index in [4.69, 9.17) is 4.74 Å². The first-order valence-corrected chi connectivity index (χ1v) is 9.05. The molecule has 0 bridgehead atoms. The summed E-state index contributed by atoms with van der Waals surface area (Å²) >= 11 is 0. The van der Waals surface area contributed by atoms with Crippen LogP contribution < -0.4 is 15.0 Å². The molecule has 0 unspecified atom stereocenters. The zero-order valence-corrected chi connectivity index (χ0v) is 14.6. The lowest BCUT2D eigenvalue weighted by molar-refractivity contribution is -0.123. The molecule has 0 saturated heterocycles. The van der Waals surface area contributed by atoms with Gasteiger partial charge < -0.3 is 4.74 Å². The predicted molar refractivity (Wildman–Crippen MR) is 90.9 cm³/mol. The lowest BCUT2D eigenvalue weighted by Gasteiger charge is -2.11. The largest absolute Gasteiger partial charge is 0.484 e. The van der Waals surface area contributed by atoms with E-state index < -0.39 is 28.4 Å². The van der Waals surface area contributed by atoms with Gasteiger partial charge in [0.25, 0.3) is 15.9 Å². The summed E-state index contributed by atoms with van der Waals surface area (Å²) in [5, 5.41) is 0. The molecule has 0 fully saturated rings. The van der Waals surface area contributed by atoms with E-state index in [1.54, 1.807) is 12.1 Å². The van der Waals surface area contributed by atoms with Gasteiger partial charge in [-0.2, -0.15) is 0 Å². The average Bonchev–Trinajstić information content (AvgIpc) is 2.58. The number of carbonyl (C=O) groups excluding carboxylic acids is 1. The van der Waals surface area contributed by atoms with Gasteiger partial charge in [0.1, 0.15) is 11.6 Å². The van der Waals surface area contributed by atoms with Crippen molar-refractivity contribution in [2.24, 2.45) is 0 Å². The van der Waals surface area contributed by atoms with Crippen molar-refractivity contribution >= 4 is 15.9 Å². The van der Waals surface area contributed by atoms with Gasteiger partial charge >= 0.3 is 0 Å². The van der Waals surface area contributed by atoms with Crippen LogP contribution in [0.1, 0.15) is 25.3 Å². The summed E-state index contributed by atoms with van der Waals surface area (Å²) in [6, 6.07) is 11.6. The molecule has 0 aliphatic heterocycles. The second-order valence-corrected chi connectivity index (χ2v) is 7.31. The molecule has 0 radical (unpaired) electrons. The Labute approximate surface area is 146 Å². The highest BCUT2D eigenvalue weighted by Gasteiger charge is 2.15. The van der Waals surface area contributed by atoms with E-state index in [2.05, 4.69) is 0 Å². The average molecular weight is 366 g/mol. The molecule has 8 heteroatoms. The SMILES string of the molecule is CC(C)c1ccc(S(=O)(=O)NNC(=O)COc2cccc(F)c2)cc1. The number of benzene rings is 2. The lowest BCUT2D eigenvalue weighted by Crippen LogP contribution is -2.43. The highest BCUT2D eigenvalue weighted by atomic mass is 32.2. The number of sulfonamides is 1. The van der Waals surface area contributed by atoms with Gasteiger partial charge in [-0.15, -0.1) is 4.83 Å². The predicted octanol–water partition coefficient (Wildman–Crippen LogP) is 2.34. The normalized spacial score (nSPS) is 11.4. The van der Waals surface area contributed by atoms with Crippen LogP contribution in [0.5, 0.6) is 5.75 Å². The van der Waals surface area contributed by atoms with Crippen molar-refractivity contribution in [3.8, 4) is 5.75 Å². The van der Waals surface area contributed by atoms with Gasteiger partial charge in [0.05, 0.1) is 4.90 Å². The van der Waals surface area contributed by atoms with Crippen molar-refractivity contribution in [2.75, 3.05) is 6.61 Å². The van der Waals surface area contributed by atoms with E-state index >= 15 is 0 Å². The van der Waals surface area contributed by atoms with E-state index in [0.717, 1.165) is 11.6 Å². The molecule has 25 heavy (non-hydrogen) atoms. The summed E-state index contributed by atoms with van der Waals surface area (Å²) in [5.74, 6) is -0.762. The number of carbonyl (C=O) groups is 1. The van der Waals surface area contributed by atoms with Crippen LogP contribution in [0, 0.1) is 5.82 Å². The van der Waals surface area contributed by atoms with E-state index in [1.165, 1.54) is 30.3 Å². The second kappa shape index (κ2) is 8.09. The van der Waals surface area contributed by atoms with E-state index in [9.17, 15) is 17.6 Å². The minimum absolute atomic E-state index is 0.0308. The fourth-order valence-corrected chi connectivity index (χ4v) is 2.82. The summed E-state index contributed by atoms with van der Waals surface area (Å²) in [6.45, 7) is 3.54. The third kappa shape index (κ3) is 5.54. The summed E-state index contributed by atoms with van der Waals surface area (Å²) < 4.78 is 42.3. The van der Waals surface area contributed by atoms with Crippen molar-refractivity contribution in [1.82, 2.24) is 10.3 Å². The van der Waals surface area contributed by atoms with Crippen molar-refractivity contribution in [1.29, 1.82) is 0 Å². The first-order valence-electron chi connectivity index (χ1n) is 7.57. The molecule has 2 rings (SSSR count). The van der Waals surface area contributed by atoms with Gasteiger partial charge in [-0.1, -0.05) is 32.0 Å². The molecule has 6 nitrogen and oxygen atoms in total. The fourth-order valence-electron chi connectivity index (χ4n) is 1.96. The Morgan fingerprint density at radius 3 is 2.44 bits per heavy atom. The van der Waals surface area contributed by atoms with Gasteiger partial charge in [-0.05, 0) is 35.7 Å². The van der Waals surface area contributed by atoms with Crippen molar-refractivity contribution in [2.45, 2.75) is 24.7 Å². The van der Waals surface area contributed by atoms with E-state index in [-0.39, 0.29) is 16.6 Å². The minimum Gasteiger partial charge on any atom is -0.484 e. The van der Waals surface area contributed by atoms with Crippen molar-refractivity contribution in [3.05, 3.63) is 59.9 Å². The molecule has 0 atom stereocenters. The summed E-state index contributed by atoms with van der Waals surface area (Å²) in [4.78, 5) is 13.7. The molecule has 0 spiro atoms. The Bertz CT molecular complexity index is 836. The third-order valence-corrected chi connectivity index (χ3v) is 4.61. The maximum absolute atomic E-state index is 13.0. The zero-order valence-electron chi connectivity index (χ0n) is 13.8. The van der Waals surface area contributed by atoms with Crippen LogP contribution in [0.15, 0.2) is 53.4 Å². The Balaban J connectivity index is 1.89. The monoisotopic (exact) mass is 366 g/mol. The van der Waals surface area contributed by atoms with E-state index in [0.29, 0.717) is 0 Å². The van der Waals surface area contributed by atoms with Crippen LogP contribution in [-0.4, -0.2) is 20.9 Å². The highest BCUT2D eigenvalue weighted by molar-refractivity contribution is 7.89. The maximum atomic E-state index is 13.0. The minimum atomic E-state index is -3.88. The molecule has 2 aromatic rings. The Hall–Kier alpha value is -2.45. The molecule has 134 valence electrons. The molecule has 2 N–H and O–H groups in total. The topological polar surface area (TPSA) is 84.5 Å². The molecule has 0 aliphatic rings. The van der Waals surface area contributed by atoms with Crippen LogP contribution in [0.25, 0.3) is 0 Å². The number of ether oxygens (including phenoxy) is 1. The molecule has 1 amide bonds. The number of hydrogen-bond donors (Lipinski definition) is 2. The number of halogens is 1. The third-order valence-electron chi connectivity index (χ3n) is 3.35. The van der Waals surface area contributed by atoms with E-state index in [1.807, 2.05) is 24.1 Å². The van der Waals surface area contributed by atoms with Crippen LogP contribution in [-0.2, 0) is 14.8 Å². The van der Waals surface area contributed by atoms with Crippen LogP contribution >= 0.6 is 0 Å². The molecular formula is C17H19FN2O4S. The fraction of sp³-hybridized carbons (Fsp3) is 0.235. The van der Waals surface area contributed by atoms with Crippen molar-refractivity contribution in [3.63, 3.8) is 0 Å². The van der Waals surface area contributed by atoms with Gasteiger partial charge in [0.2, 0.25) is 0 Å². The highest BCUT2D eigenvalue weighted by Crippen LogP contribution is 2.17. The van der Waals surface area contributed by atoms with Crippen molar-refractivity contribution < 1.29 is 22.3 Å². The zero-order chi connectivity index (χ0) is 18.4. The maximum Gasteiger partial charge on any atom is 0.272 e. The second-order valence-electron chi connectivity index (χ2n) is 5.62. The molecule has 0 heterocycles. The Kier molecular flexibility index (Phi) is 6.11. The lowest BCUT2D eigenvalue weighted by atomic mass is 10.0. The summed E-state index contributed by atoms with van der Waals surface area (Å²) in [6.07, 6.45) is 0. The standard InChI is InChI=1S/C17H19FN2O4S/c1-12(2)13-6-8-16(9-7-13)25(22,23)20-19-17(21)11-24-15-5-3-4-14(18)10-15/h3-10,12,20H,11H2,1-2H3,(H,19,21). The van der Waals surface area contributed by atoms with Crippen LogP contribution in [0.2, 0.25) is 0 Å². The number of nitrogens with one attached hydrogen (secondary N) is 2. The number of amides is 1. The molecule has 0 aromatic heterocycles. The first-order chi connectivity index (χ1) is 11.8. The number of hydrogen-bond acceptors (Lipinski definition) is 4. The van der Waals surface area contributed by atoms with Gasteiger partial charge in [0.15, 0.2) is 6.61 Å². The number of rotatable bonds is 7. The quantitative estimate of drug-likeness (QED) is 0.737. The molecule has 0 aliphatic carbocycles. The Morgan fingerprint density at radius 1 is 1.16 bits per heavy atom. The molecule has 2 aromatic carbocycles. The summed E-state index contributed by atoms with van der Waals surface area (Å²) in [5.41, 5.74) is 3.05. The van der Waals surface area contributed by atoms with Crippen LogP contribution in [0.3, 0.4) is 0 Å². The van der Waals surface area contributed by atoms with Gasteiger partial charge in [-0.25, -0.2) is 12.8 Å².